The summed E-state index contributed by atoms with van der Waals surface area (Å²) in [6.07, 6.45) is -4.74. The van der Waals surface area contributed by atoms with Gasteiger partial charge in [-0.1, -0.05) is 18.2 Å². The van der Waals surface area contributed by atoms with Crippen molar-refractivity contribution in [1.29, 1.82) is 0 Å². The summed E-state index contributed by atoms with van der Waals surface area (Å²) in [4.78, 5) is 43.5. The van der Waals surface area contributed by atoms with E-state index in [0.717, 1.165) is 17.0 Å². The Morgan fingerprint density at radius 2 is 1.80 bits per heavy atom. The van der Waals surface area contributed by atoms with Crippen molar-refractivity contribution in [1.82, 2.24) is 14.9 Å². The lowest BCUT2D eigenvalue weighted by Gasteiger charge is -2.18. The number of imidazole rings is 1. The van der Waals surface area contributed by atoms with Crippen LogP contribution in [0.3, 0.4) is 0 Å². The summed E-state index contributed by atoms with van der Waals surface area (Å²) in [5.74, 6) is -2.33. The molecule has 1 atom stereocenters. The number of nitrogens with zero attached hydrogens (tertiary/aromatic N) is 3. The average molecular weight is 554 g/mol. The van der Waals surface area contributed by atoms with Crippen molar-refractivity contribution >= 4 is 40.1 Å². The first-order valence-corrected chi connectivity index (χ1v) is 12.2. The van der Waals surface area contributed by atoms with E-state index in [4.69, 9.17) is 0 Å². The van der Waals surface area contributed by atoms with Crippen molar-refractivity contribution in [3.63, 3.8) is 0 Å². The van der Waals surface area contributed by atoms with E-state index in [2.05, 4.69) is 15.6 Å². The molecule has 1 fully saturated rings. The Kier molecular flexibility index (Phi) is 6.78. The van der Waals surface area contributed by atoms with E-state index in [0.29, 0.717) is 33.7 Å². The van der Waals surface area contributed by atoms with Gasteiger partial charge < -0.3 is 20.1 Å². The van der Waals surface area contributed by atoms with Gasteiger partial charge in [-0.2, -0.15) is 13.2 Å². The molecular formula is C28H23F4N5O3. The Morgan fingerprint density at radius 1 is 1.02 bits per heavy atom. The summed E-state index contributed by atoms with van der Waals surface area (Å²) in [6.45, 7) is 1.66. The second-order valence-electron chi connectivity index (χ2n) is 9.54. The first-order valence-electron chi connectivity index (χ1n) is 12.2. The molecule has 0 bridgehead atoms. The number of fused-ring (bicyclic) bond motifs is 1. The summed E-state index contributed by atoms with van der Waals surface area (Å²) in [5.41, 5.74) is 1.98. The number of amides is 3. The van der Waals surface area contributed by atoms with Crippen LogP contribution in [0.4, 0.5) is 28.9 Å². The lowest BCUT2D eigenvalue weighted by Crippen LogP contribution is -2.43. The summed E-state index contributed by atoms with van der Waals surface area (Å²) < 4.78 is 54.7. The summed E-state index contributed by atoms with van der Waals surface area (Å²) in [5, 5.41) is 5.05. The molecular weight excluding hydrogens is 530 g/mol. The van der Waals surface area contributed by atoms with Crippen LogP contribution in [-0.4, -0.2) is 39.9 Å². The fourth-order valence-corrected chi connectivity index (χ4v) is 4.66. The topological polar surface area (TPSA) is 96.3 Å². The second kappa shape index (κ2) is 10.1. The number of anilines is 2. The summed E-state index contributed by atoms with van der Waals surface area (Å²) in [7, 11) is 1.78. The highest BCUT2D eigenvalue weighted by atomic mass is 19.4. The number of hydrogen-bond acceptors (Lipinski definition) is 4. The van der Waals surface area contributed by atoms with Crippen molar-refractivity contribution in [3.05, 3.63) is 77.6 Å². The van der Waals surface area contributed by atoms with E-state index in [1.165, 1.54) is 24.3 Å². The highest BCUT2D eigenvalue weighted by molar-refractivity contribution is 6.39. The number of hydrogen-bond donors (Lipinski definition) is 2. The van der Waals surface area contributed by atoms with Gasteiger partial charge in [-0.3, -0.25) is 14.4 Å². The molecule has 3 aromatic carbocycles. The minimum atomic E-state index is -4.57. The van der Waals surface area contributed by atoms with Gasteiger partial charge in [0.05, 0.1) is 22.6 Å². The molecule has 0 aliphatic carbocycles. The number of halogens is 4. The Labute approximate surface area is 225 Å². The number of aromatic nitrogens is 2. The highest BCUT2D eigenvalue weighted by Crippen LogP contribution is 2.33. The largest absolute Gasteiger partial charge is 0.416 e. The summed E-state index contributed by atoms with van der Waals surface area (Å²) >= 11 is 0. The predicted octanol–water partition coefficient (Wildman–Crippen LogP) is 4.57. The maximum absolute atomic E-state index is 13.7. The van der Waals surface area contributed by atoms with Gasteiger partial charge in [0.15, 0.2) is 0 Å². The van der Waals surface area contributed by atoms with Crippen molar-refractivity contribution < 1.29 is 31.9 Å². The van der Waals surface area contributed by atoms with Gasteiger partial charge in [0.25, 0.3) is 0 Å². The van der Waals surface area contributed by atoms with Crippen LogP contribution < -0.4 is 15.5 Å². The predicted molar refractivity (Wildman–Crippen MR) is 140 cm³/mol. The molecule has 8 nitrogen and oxygen atoms in total. The van der Waals surface area contributed by atoms with E-state index in [1.54, 1.807) is 42.8 Å². The molecule has 1 saturated heterocycles. The SMILES string of the molecule is Cc1ccc(-c2nc3cc(F)ccc3n2C)cc1NC(=O)C(=O)NC1CC(=O)N(c2cccc(C(F)(F)F)c2)C1. The molecule has 1 aromatic heterocycles. The van der Waals surface area contributed by atoms with E-state index in [9.17, 15) is 31.9 Å². The highest BCUT2D eigenvalue weighted by Gasteiger charge is 2.35. The zero-order valence-corrected chi connectivity index (χ0v) is 21.3. The number of nitrogens with one attached hydrogen (secondary N) is 2. The van der Waals surface area contributed by atoms with Crippen LogP contribution in [-0.2, 0) is 27.6 Å². The van der Waals surface area contributed by atoms with Crippen LogP contribution in [0.1, 0.15) is 17.5 Å². The third-order valence-corrected chi connectivity index (χ3v) is 6.74. The van der Waals surface area contributed by atoms with Crippen LogP contribution in [0.2, 0.25) is 0 Å². The third-order valence-electron chi connectivity index (χ3n) is 6.74. The van der Waals surface area contributed by atoms with Crippen LogP contribution in [0.25, 0.3) is 22.4 Å². The monoisotopic (exact) mass is 553 g/mol. The molecule has 4 aromatic rings. The molecule has 5 rings (SSSR count). The zero-order chi connectivity index (χ0) is 28.8. The van der Waals surface area contributed by atoms with Gasteiger partial charge >= 0.3 is 18.0 Å². The minimum Gasteiger partial charge on any atom is -0.343 e. The molecule has 0 radical (unpaired) electrons. The number of benzene rings is 3. The first kappa shape index (κ1) is 26.9. The van der Waals surface area contributed by atoms with E-state index in [1.807, 2.05) is 0 Å². The molecule has 1 aliphatic heterocycles. The molecule has 40 heavy (non-hydrogen) atoms. The minimum absolute atomic E-state index is 0.0538. The van der Waals surface area contributed by atoms with E-state index >= 15 is 0 Å². The normalized spacial score (nSPS) is 15.5. The standard InChI is InChI=1S/C28H23F4N5O3/c1-15-6-7-16(25-34-22-12-18(29)8-9-23(22)36(25)2)10-21(15)35-27(40)26(39)33-19-13-24(38)37(14-19)20-5-3-4-17(11-20)28(30,31)32/h3-12,19H,13-14H2,1-2H3,(H,33,39)(H,35,40). The lowest BCUT2D eigenvalue weighted by molar-refractivity contribution is -0.137. The van der Waals surface area contributed by atoms with E-state index in [-0.39, 0.29) is 18.7 Å². The van der Waals surface area contributed by atoms with Gasteiger partial charge in [-0.15, -0.1) is 0 Å². The lowest BCUT2D eigenvalue weighted by atomic mass is 10.1. The van der Waals surface area contributed by atoms with Gasteiger partial charge in [0.2, 0.25) is 5.91 Å². The Morgan fingerprint density at radius 3 is 2.55 bits per heavy atom. The molecule has 12 heteroatoms. The van der Waals surface area contributed by atoms with Gasteiger partial charge in [0.1, 0.15) is 11.6 Å². The van der Waals surface area contributed by atoms with Crippen LogP contribution >= 0.6 is 0 Å². The molecule has 1 aliphatic rings. The van der Waals surface area contributed by atoms with Crippen molar-refractivity contribution in [3.8, 4) is 11.4 Å². The Bertz CT molecular complexity index is 1660. The van der Waals surface area contributed by atoms with Gasteiger partial charge in [-0.05, 0) is 48.9 Å². The maximum atomic E-state index is 13.7. The number of carbonyl (C=O) groups is 3. The summed E-state index contributed by atoms with van der Waals surface area (Å²) in [6, 6.07) is 13.0. The fourth-order valence-electron chi connectivity index (χ4n) is 4.66. The average Bonchev–Trinajstić information content (AvgIpc) is 3.43. The van der Waals surface area contributed by atoms with Crippen LogP contribution in [0.5, 0.6) is 0 Å². The van der Waals surface area contributed by atoms with Crippen molar-refractivity contribution in [2.75, 3.05) is 16.8 Å². The molecule has 3 amide bonds. The van der Waals surface area contributed by atoms with Crippen LogP contribution in [0, 0.1) is 12.7 Å². The molecule has 0 saturated carbocycles. The van der Waals surface area contributed by atoms with Crippen molar-refractivity contribution in [2.24, 2.45) is 7.05 Å². The number of rotatable bonds is 4. The van der Waals surface area contributed by atoms with Crippen molar-refractivity contribution in [2.45, 2.75) is 25.6 Å². The molecule has 2 N–H and O–H groups in total. The maximum Gasteiger partial charge on any atom is 0.416 e. The van der Waals surface area contributed by atoms with Gasteiger partial charge in [-0.25, -0.2) is 9.37 Å². The third kappa shape index (κ3) is 5.24. The smallest absolute Gasteiger partial charge is 0.343 e. The molecule has 2 heterocycles. The zero-order valence-electron chi connectivity index (χ0n) is 21.3. The fraction of sp³-hybridized carbons (Fsp3) is 0.214. The van der Waals surface area contributed by atoms with Crippen LogP contribution in [0.15, 0.2) is 60.7 Å². The first-order chi connectivity index (χ1) is 18.9. The molecule has 1 unspecified atom stereocenters. The Hall–Kier alpha value is -4.74. The second-order valence-corrected chi connectivity index (χ2v) is 9.54. The molecule has 206 valence electrons. The number of alkyl halides is 3. The quantitative estimate of drug-likeness (QED) is 0.286. The Balaban J connectivity index is 1.28. The van der Waals surface area contributed by atoms with E-state index < -0.39 is 41.3 Å². The number of aryl methyl sites for hydroxylation is 2. The number of carbonyl (C=O) groups excluding carboxylic acids is 3. The van der Waals surface area contributed by atoms with Gasteiger partial charge in [0, 0.05) is 43.0 Å². The molecule has 0 spiro atoms.